The first kappa shape index (κ1) is 27.7. The Kier molecular flexibility index (Phi) is 6.32. The van der Waals surface area contributed by atoms with Crippen molar-refractivity contribution in [3.63, 3.8) is 0 Å². The normalized spacial score (nSPS) is 31.1. The number of hydrogen-bond donors (Lipinski definition) is 7. The molecule has 0 aromatic heterocycles. The van der Waals surface area contributed by atoms with Crippen molar-refractivity contribution >= 4 is 29.1 Å². The minimum Gasteiger partial charge on any atom is -0.510 e. The third kappa shape index (κ3) is 3.47. The van der Waals surface area contributed by atoms with Crippen LogP contribution in [0.1, 0.15) is 48.2 Å². The maximum absolute atomic E-state index is 16.1. The van der Waals surface area contributed by atoms with Gasteiger partial charge >= 0.3 is 0 Å². The number of aromatic hydroxyl groups is 1. The number of nitrogens with one attached hydrogen (secondary N) is 1. The van der Waals surface area contributed by atoms with Crippen molar-refractivity contribution < 1.29 is 44.0 Å². The van der Waals surface area contributed by atoms with Crippen molar-refractivity contribution in [3.05, 3.63) is 45.2 Å². The van der Waals surface area contributed by atoms with E-state index in [-0.39, 0.29) is 42.1 Å². The van der Waals surface area contributed by atoms with Gasteiger partial charge in [0.1, 0.15) is 22.9 Å². The summed E-state index contributed by atoms with van der Waals surface area (Å²) in [4.78, 5) is 53.6. The number of ketones is 2. The van der Waals surface area contributed by atoms with Gasteiger partial charge in [0.05, 0.1) is 23.3 Å². The Labute approximate surface area is 228 Å². The summed E-state index contributed by atoms with van der Waals surface area (Å²) >= 11 is 0. The molecule has 1 aliphatic heterocycles. The second-order valence-electron chi connectivity index (χ2n) is 11.2. The minimum atomic E-state index is -2.87. The number of nitrogens with zero attached hydrogens (tertiary/aromatic N) is 1. The Morgan fingerprint density at radius 1 is 1.23 bits per heavy atom. The fourth-order valence-electron chi connectivity index (χ4n) is 6.81. The number of amides is 2. The molecule has 1 heterocycles. The molecule has 0 fully saturated rings. The van der Waals surface area contributed by atoms with Crippen molar-refractivity contribution in [2.45, 2.75) is 57.3 Å². The Balaban J connectivity index is 1.67. The second kappa shape index (κ2) is 9.11. The van der Waals surface area contributed by atoms with Crippen molar-refractivity contribution in [3.8, 4) is 5.75 Å². The van der Waals surface area contributed by atoms with Gasteiger partial charge in [-0.05, 0) is 31.7 Å². The van der Waals surface area contributed by atoms with Crippen molar-refractivity contribution in [2.24, 2.45) is 29.2 Å². The number of fused-ring (bicyclic) bond motifs is 4. The molecule has 9 N–H and O–H groups in total. The van der Waals surface area contributed by atoms with E-state index in [2.05, 4.69) is 5.32 Å². The number of carbonyl (C=O) groups is 4. The predicted molar refractivity (Wildman–Crippen MR) is 137 cm³/mol. The van der Waals surface area contributed by atoms with Crippen LogP contribution in [0.4, 0.5) is 10.1 Å². The molecule has 12 nitrogen and oxygen atoms in total. The molecular weight excluding hydrogens is 527 g/mol. The summed E-state index contributed by atoms with van der Waals surface area (Å²) in [6.07, 6.45) is 0.193. The zero-order valence-electron chi connectivity index (χ0n) is 22.1. The van der Waals surface area contributed by atoms with Gasteiger partial charge in [-0.15, -0.1) is 0 Å². The summed E-state index contributed by atoms with van der Waals surface area (Å²) < 4.78 is 16.1. The largest absolute Gasteiger partial charge is 0.510 e. The van der Waals surface area contributed by atoms with Crippen molar-refractivity contribution in [1.82, 2.24) is 4.90 Å². The van der Waals surface area contributed by atoms with Gasteiger partial charge in [-0.1, -0.05) is 20.3 Å². The van der Waals surface area contributed by atoms with Crippen LogP contribution in [0.15, 0.2) is 22.7 Å². The molecule has 0 saturated heterocycles. The van der Waals surface area contributed by atoms with Crippen molar-refractivity contribution in [1.29, 1.82) is 0 Å². The highest BCUT2D eigenvalue weighted by molar-refractivity contribution is 6.25. The van der Waals surface area contributed by atoms with E-state index in [4.69, 9.17) is 11.5 Å². The predicted octanol–water partition coefficient (Wildman–Crippen LogP) is 0.455. The van der Waals surface area contributed by atoms with Gasteiger partial charge in [-0.2, -0.15) is 0 Å². The van der Waals surface area contributed by atoms with Gasteiger partial charge in [-0.3, -0.25) is 24.1 Å². The molecule has 0 radical (unpaired) electrons. The number of likely N-dealkylation sites (N-methyl/N-ethyl adjacent to an activating group) is 1. The zero-order chi connectivity index (χ0) is 29.6. The van der Waals surface area contributed by atoms with Crippen molar-refractivity contribution in [2.75, 3.05) is 12.4 Å². The van der Waals surface area contributed by atoms with Gasteiger partial charge in [0.25, 0.3) is 5.91 Å². The van der Waals surface area contributed by atoms with E-state index in [1.807, 2.05) is 13.8 Å². The van der Waals surface area contributed by atoms with Gasteiger partial charge in [-0.25, -0.2) is 4.39 Å². The number of anilines is 1. The number of phenolic OH excluding ortho intramolecular Hbond substituents is 1. The molecular formula is C27H31FN4O8. The lowest BCUT2D eigenvalue weighted by Gasteiger charge is -2.47. The molecule has 13 heteroatoms. The van der Waals surface area contributed by atoms with E-state index < -0.39 is 92.7 Å². The molecule has 3 aliphatic carbocycles. The van der Waals surface area contributed by atoms with E-state index in [0.717, 1.165) is 0 Å². The number of nitrogens with two attached hydrogens (primary N) is 2. The highest BCUT2D eigenvalue weighted by atomic mass is 19.1. The summed E-state index contributed by atoms with van der Waals surface area (Å²) in [5.41, 5.74) is 6.01. The number of hydrogen-bond acceptors (Lipinski definition) is 10. The summed E-state index contributed by atoms with van der Waals surface area (Å²) in [7, 11) is 1.66. The number of phenols is 1. The number of Topliss-reactive ketones (excluding diaryl/α,β-unsaturated/α-hetero) is 2. The number of carbonyl (C=O) groups excluding carboxylic acids is 4. The molecule has 5 rings (SSSR count). The van der Waals surface area contributed by atoms with Crippen LogP contribution in [0.25, 0.3) is 0 Å². The molecule has 0 bridgehead atoms. The number of allylic oxidation sites excluding steroid dienone is 1. The number of rotatable bonds is 3. The fraction of sp³-hybridized carbons (Fsp3) is 0.481. The third-order valence-corrected chi connectivity index (χ3v) is 9.04. The van der Waals surface area contributed by atoms with Crippen LogP contribution >= 0.6 is 0 Å². The van der Waals surface area contributed by atoms with E-state index in [1.54, 1.807) is 11.9 Å². The molecule has 214 valence electrons. The molecule has 1 aromatic rings. The second-order valence-corrected chi connectivity index (χ2v) is 11.2. The Bertz CT molecular complexity index is 1470. The Morgan fingerprint density at radius 3 is 2.48 bits per heavy atom. The molecule has 1 unspecified atom stereocenters. The maximum atomic E-state index is 16.1. The molecule has 0 spiro atoms. The quantitative estimate of drug-likeness (QED) is 0.201. The number of halogens is 1. The van der Waals surface area contributed by atoms with Crippen LogP contribution in [0, 0.1) is 23.6 Å². The molecule has 6 atom stereocenters. The summed E-state index contributed by atoms with van der Waals surface area (Å²) in [5, 5.41) is 46.8. The SMILES string of the molecule is CCC(C)[C@@H]1C(=O)Nc2c(O)c3c(c(F)c2CN1C)C[C@H]1C[C@H]2[C@H](N)C(O)=C(C(N)=O)C(=O)[C@@]2(O)C(O)=C1C3=O. The average molecular weight is 559 g/mol. The monoisotopic (exact) mass is 558 g/mol. The third-order valence-electron chi connectivity index (χ3n) is 9.04. The van der Waals surface area contributed by atoms with Crippen LogP contribution in [0.5, 0.6) is 5.75 Å². The van der Waals surface area contributed by atoms with Crippen LogP contribution < -0.4 is 16.8 Å². The van der Waals surface area contributed by atoms with E-state index in [1.165, 1.54) is 0 Å². The molecule has 4 aliphatic rings. The fourth-order valence-corrected chi connectivity index (χ4v) is 6.81. The van der Waals surface area contributed by atoms with E-state index in [0.29, 0.717) is 6.42 Å². The smallest absolute Gasteiger partial charge is 0.255 e. The lowest BCUT2D eigenvalue weighted by atomic mass is 9.59. The highest BCUT2D eigenvalue weighted by Gasteiger charge is 2.62. The number of primary amides is 1. The van der Waals surface area contributed by atoms with Crippen LogP contribution in [-0.4, -0.2) is 73.4 Å². The first-order valence-corrected chi connectivity index (χ1v) is 13.0. The standard InChI is InChI=1S/C27H31FN4O8/c1-4-8(2)19-26(39)31-18-11(7-32(19)3)16(28)10-5-9-6-12-17(29)21(34)15(25(30)38)24(37)27(12,40)23(36)13(9)20(33)14(10)22(18)35/h8-9,12,17,19,34-36,40H,4-7,29H2,1-3H3,(H2,30,38)(H,31,39)/t8?,9-,12-,17-,19+,27-/m0/s1. The minimum absolute atomic E-state index is 0.00843. The number of aliphatic hydroxyl groups is 3. The van der Waals surface area contributed by atoms with Crippen LogP contribution in [-0.2, 0) is 27.3 Å². The van der Waals surface area contributed by atoms with Gasteiger partial charge < -0.3 is 37.2 Å². The summed E-state index contributed by atoms with van der Waals surface area (Å²) in [5.74, 6) is -10.2. The highest BCUT2D eigenvalue weighted by Crippen LogP contribution is 2.53. The van der Waals surface area contributed by atoms with Gasteiger partial charge in [0, 0.05) is 29.2 Å². The Hall–Kier alpha value is -3.81. The lowest BCUT2D eigenvalue weighted by Crippen LogP contribution is -2.63. The first-order chi connectivity index (χ1) is 18.7. The average Bonchev–Trinajstić information content (AvgIpc) is 3.02. The maximum Gasteiger partial charge on any atom is 0.255 e. The first-order valence-electron chi connectivity index (χ1n) is 13.0. The van der Waals surface area contributed by atoms with Gasteiger partial charge in [0.2, 0.25) is 11.7 Å². The lowest BCUT2D eigenvalue weighted by molar-refractivity contribution is -0.145. The Morgan fingerprint density at radius 2 is 1.88 bits per heavy atom. The molecule has 1 aromatic carbocycles. The van der Waals surface area contributed by atoms with Crippen LogP contribution in [0.2, 0.25) is 0 Å². The number of benzene rings is 1. The van der Waals surface area contributed by atoms with Crippen LogP contribution in [0.3, 0.4) is 0 Å². The zero-order valence-corrected chi connectivity index (χ0v) is 22.1. The number of aliphatic hydroxyl groups excluding tert-OH is 2. The molecule has 0 saturated carbocycles. The summed E-state index contributed by atoms with van der Waals surface area (Å²) in [6, 6.07) is -2.14. The van der Waals surface area contributed by atoms with E-state index >= 15 is 4.39 Å². The molecule has 40 heavy (non-hydrogen) atoms. The van der Waals surface area contributed by atoms with Gasteiger partial charge in [0.15, 0.2) is 17.1 Å². The van der Waals surface area contributed by atoms with E-state index in [9.17, 15) is 39.6 Å². The molecule has 2 amide bonds. The topological polar surface area (TPSA) is 217 Å². The summed E-state index contributed by atoms with van der Waals surface area (Å²) in [6.45, 7) is 3.73.